The minimum Gasteiger partial charge on any atom is -0.495 e. The van der Waals surface area contributed by atoms with Gasteiger partial charge < -0.3 is 14.8 Å². The summed E-state index contributed by atoms with van der Waals surface area (Å²) in [6.07, 6.45) is 6.48. The van der Waals surface area contributed by atoms with Crippen LogP contribution in [0.4, 0.5) is 5.69 Å². The second-order valence-corrected chi connectivity index (χ2v) is 10.7. The lowest BCUT2D eigenvalue weighted by Crippen LogP contribution is -2.35. The van der Waals surface area contributed by atoms with Crippen molar-refractivity contribution in [2.75, 3.05) is 25.5 Å². The van der Waals surface area contributed by atoms with Crippen molar-refractivity contribution in [2.24, 2.45) is 0 Å². The van der Waals surface area contributed by atoms with Crippen molar-refractivity contribution >= 4 is 21.6 Å². The van der Waals surface area contributed by atoms with Gasteiger partial charge >= 0.3 is 0 Å². The van der Waals surface area contributed by atoms with E-state index in [1.54, 1.807) is 13.0 Å². The molecule has 7 nitrogen and oxygen atoms in total. The Morgan fingerprint density at radius 2 is 1.70 bits per heavy atom. The minimum atomic E-state index is -3.63. The molecule has 0 unspecified atom stereocenters. The molecule has 0 spiro atoms. The predicted molar refractivity (Wildman–Crippen MR) is 127 cm³/mol. The van der Waals surface area contributed by atoms with Crippen LogP contribution in [0.2, 0.25) is 0 Å². The van der Waals surface area contributed by atoms with Crippen LogP contribution < -0.4 is 14.8 Å². The molecule has 2 aliphatic rings. The number of anilines is 1. The minimum absolute atomic E-state index is 0.142. The monoisotopic (exact) mass is 472 g/mol. The summed E-state index contributed by atoms with van der Waals surface area (Å²) in [6, 6.07) is 10.6. The molecule has 2 aromatic rings. The summed E-state index contributed by atoms with van der Waals surface area (Å²) in [5, 5.41) is 2.79. The van der Waals surface area contributed by atoms with Crippen LogP contribution in [-0.4, -0.2) is 44.9 Å². The maximum absolute atomic E-state index is 13.1. The molecule has 178 valence electrons. The molecule has 2 aromatic carbocycles. The number of carbonyl (C=O) groups excluding carboxylic acids is 1. The largest absolute Gasteiger partial charge is 0.495 e. The van der Waals surface area contributed by atoms with Gasteiger partial charge in [0.25, 0.3) is 5.91 Å². The summed E-state index contributed by atoms with van der Waals surface area (Å²) in [6.45, 7) is 2.71. The first-order chi connectivity index (χ1) is 15.9. The standard InChI is InChI=1S/C25H32N2O5S/c1-18(32-21-11-10-19-8-4-5-9-20(19)16-21)25(28)26-23-17-22(12-13-24(23)31-2)33(29,30)27-14-6-3-7-15-27/h10-13,16-18H,3-9,14-15H2,1-2H3,(H,26,28)/t18-/m1/s1. The second kappa shape index (κ2) is 10.1. The van der Waals surface area contributed by atoms with Crippen LogP contribution in [0.25, 0.3) is 0 Å². The fourth-order valence-corrected chi connectivity index (χ4v) is 6.02. The first-order valence-electron chi connectivity index (χ1n) is 11.7. The van der Waals surface area contributed by atoms with E-state index in [0.717, 1.165) is 32.1 Å². The predicted octanol–water partition coefficient (Wildman–Crippen LogP) is 4.15. The summed E-state index contributed by atoms with van der Waals surface area (Å²) in [7, 11) is -2.14. The average Bonchev–Trinajstić information content (AvgIpc) is 2.84. The lowest BCUT2D eigenvalue weighted by Gasteiger charge is -2.26. The molecule has 8 heteroatoms. The Kier molecular flexibility index (Phi) is 7.24. The summed E-state index contributed by atoms with van der Waals surface area (Å²) in [4.78, 5) is 13.0. The van der Waals surface area contributed by atoms with Crippen molar-refractivity contribution in [1.29, 1.82) is 0 Å². The Morgan fingerprint density at radius 3 is 2.42 bits per heavy atom. The first kappa shape index (κ1) is 23.6. The zero-order chi connectivity index (χ0) is 23.4. The molecular formula is C25H32N2O5S. The zero-order valence-electron chi connectivity index (χ0n) is 19.3. The Balaban J connectivity index is 1.49. The van der Waals surface area contributed by atoms with E-state index in [0.29, 0.717) is 30.3 Å². The summed E-state index contributed by atoms with van der Waals surface area (Å²) < 4.78 is 38.9. The molecule has 4 rings (SSSR count). The van der Waals surface area contributed by atoms with Crippen LogP contribution in [-0.2, 0) is 27.7 Å². The third kappa shape index (κ3) is 5.33. The topological polar surface area (TPSA) is 84.9 Å². The third-order valence-electron chi connectivity index (χ3n) is 6.38. The van der Waals surface area contributed by atoms with Gasteiger partial charge in [-0.3, -0.25) is 4.79 Å². The summed E-state index contributed by atoms with van der Waals surface area (Å²) in [5.74, 6) is 0.673. The molecule has 0 aromatic heterocycles. The number of carbonyl (C=O) groups is 1. The van der Waals surface area contributed by atoms with Crippen LogP contribution >= 0.6 is 0 Å². The van der Waals surface area contributed by atoms with Crippen molar-refractivity contribution in [3.8, 4) is 11.5 Å². The molecule has 1 N–H and O–H groups in total. The number of ether oxygens (including phenoxy) is 2. The third-order valence-corrected chi connectivity index (χ3v) is 8.28. The maximum atomic E-state index is 13.1. The highest BCUT2D eigenvalue weighted by molar-refractivity contribution is 7.89. The number of amides is 1. The highest BCUT2D eigenvalue weighted by atomic mass is 32.2. The first-order valence-corrected chi connectivity index (χ1v) is 13.1. The normalized spacial score (nSPS) is 17.6. The van der Waals surface area contributed by atoms with Crippen molar-refractivity contribution in [3.63, 3.8) is 0 Å². The fourth-order valence-electron chi connectivity index (χ4n) is 4.47. The smallest absolute Gasteiger partial charge is 0.265 e. The van der Waals surface area contributed by atoms with Gasteiger partial charge in [0, 0.05) is 13.1 Å². The number of nitrogens with one attached hydrogen (secondary N) is 1. The van der Waals surface area contributed by atoms with Crippen LogP contribution in [0.3, 0.4) is 0 Å². The van der Waals surface area contributed by atoms with Gasteiger partial charge in [0.05, 0.1) is 17.7 Å². The molecule has 1 saturated heterocycles. The molecule has 1 fully saturated rings. The molecule has 0 bridgehead atoms. The van der Waals surface area contributed by atoms with E-state index in [1.807, 2.05) is 12.1 Å². The van der Waals surface area contributed by atoms with Crippen molar-refractivity contribution < 1.29 is 22.7 Å². The maximum Gasteiger partial charge on any atom is 0.265 e. The summed E-state index contributed by atoms with van der Waals surface area (Å²) in [5.41, 5.74) is 2.94. The quantitative estimate of drug-likeness (QED) is 0.654. The number of hydrogen-bond donors (Lipinski definition) is 1. The second-order valence-electron chi connectivity index (χ2n) is 8.71. The number of rotatable bonds is 7. The number of sulfonamides is 1. The molecule has 0 saturated carbocycles. The van der Waals surface area contributed by atoms with E-state index in [9.17, 15) is 13.2 Å². The fraction of sp³-hybridized carbons (Fsp3) is 0.480. The highest BCUT2D eigenvalue weighted by Crippen LogP contribution is 2.31. The van der Waals surface area contributed by atoms with Gasteiger partial charge in [-0.25, -0.2) is 8.42 Å². The van der Waals surface area contributed by atoms with Crippen molar-refractivity contribution in [3.05, 3.63) is 47.5 Å². The molecule has 1 heterocycles. The number of benzene rings is 2. The Hall–Kier alpha value is -2.58. The van der Waals surface area contributed by atoms with E-state index in [1.165, 1.54) is 47.5 Å². The molecule has 1 atom stereocenters. The SMILES string of the molecule is COc1ccc(S(=O)(=O)N2CCCCC2)cc1NC(=O)[C@@H](C)Oc1ccc2c(c1)CCCC2. The lowest BCUT2D eigenvalue weighted by atomic mass is 9.92. The van der Waals surface area contributed by atoms with Crippen molar-refractivity contribution in [1.82, 2.24) is 4.31 Å². The Bertz CT molecular complexity index is 1110. The number of hydrogen-bond acceptors (Lipinski definition) is 5. The van der Waals surface area contributed by atoms with E-state index in [2.05, 4.69) is 11.4 Å². The Morgan fingerprint density at radius 1 is 0.970 bits per heavy atom. The number of fused-ring (bicyclic) bond motifs is 1. The van der Waals surface area contributed by atoms with Crippen LogP contribution in [0.1, 0.15) is 50.2 Å². The van der Waals surface area contributed by atoms with Crippen LogP contribution in [0, 0.1) is 0 Å². The van der Waals surface area contributed by atoms with Crippen molar-refractivity contribution in [2.45, 2.75) is 62.9 Å². The van der Waals surface area contributed by atoms with Gasteiger partial charge in [-0.15, -0.1) is 0 Å². The van der Waals surface area contributed by atoms with Gasteiger partial charge in [-0.05, 0) is 86.9 Å². The van der Waals surface area contributed by atoms with Gasteiger partial charge in [0.15, 0.2) is 6.10 Å². The van der Waals surface area contributed by atoms with Crippen LogP contribution in [0.5, 0.6) is 11.5 Å². The molecule has 1 amide bonds. The molecule has 1 aliphatic heterocycles. The van der Waals surface area contributed by atoms with Crippen LogP contribution in [0.15, 0.2) is 41.3 Å². The molecule has 33 heavy (non-hydrogen) atoms. The number of nitrogens with zero attached hydrogens (tertiary/aromatic N) is 1. The Labute approximate surface area is 196 Å². The van der Waals surface area contributed by atoms with E-state index in [4.69, 9.17) is 9.47 Å². The average molecular weight is 473 g/mol. The van der Waals surface area contributed by atoms with E-state index >= 15 is 0 Å². The molecule has 0 radical (unpaired) electrons. The zero-order valence-corrected chi connectivity index (χ0v) is 20.1. The summed E-state index contributed by atoms with van der Waals surface area (Å²) >= 11 is 0. The highest BCUT2D eigenvalue weighted by Gasteiger charge is 2.27. The van der Waals surface area contributed by atoms with Gasteiger partial charge in [-0.2, -0.15) is 4.31 Å². The molecule has 1 aliphatic carbocycles. The van der Waals surface area contributed by atoms with E-state index in [-0.39, 0.29) is 10.8 Å². The van der Waals surface area contributed by atoms with E-state index < -0.39 is 16.1 Å². The number of aryl methyl sites for hydroxylation is 2. The van der Waals surface area contributed by atoms with Gasteiger partial charge in [-0.1, -0.05) is 12.5 Å². The number of methoxy groups -OCH3 is 1. The van der Waals surface area contributed by atoms with Gasteiger partial charge in [0.2, 0.25) is 10.0 Å². The lowest BCUT2D eigenvalue weighted by molar-refractivity contribution is -0.122. The molecular weight excluding hydrogens is 440 g/mol. The number of piperidine rings is 1. The van der Waals surface area contributed by atoms with Gasteiger partial charge in [0.1, 0.15) is 11.5 Å².